The van der Waals surface area contributed by atoms with Crippen molar-refractivity contribution in [3.05, 3.63) is 51.6 Å². The second kappa shape index (κ2) is 6.40. The molecule has 0 unspecified atom stereocenters. The molecule has 2 rings (SSSR count). The van der Waals surface area contributed by atoms with Gasteiger partial charge in [-0.3, -0.25) is 0 Å². The summed E-state index contributed by atoms with van der Waals surface area (Å²) in [5, 5.41) is 0. The molecule has 0 saturated carbocycles. The first-order valence-electron chi connectivity index (χ1n) is 6.12. The lowest BCUT2D eigenvalue weighted by atomic mass is 10.2. The van der Waals surface area contributed by atoms with Gasteiger partial charge >= 0.3 is 0 Å². The Morgan fingerprint density at radius 2 is 2.05 bits per heavy atom. The van der Waals surface area contributed by atoms with Crippen LogP contribution in [-0.4, -0.2) is 4.98 Å². The van der Waals surface area contributed by atoms with Gasteiger partial charge in [0.1, 0.15) is 5.75 Å². The number of rotatable bonds is 4. The van der Waals surface area contributed by atoms with Gasteiger partial charge in [0.25, 0.3) is 0 Å². The molecule has 2 nitrogen and oxygen atoms in total. The summed E-state index contributed by atoms with van der Waals surface area (Å²) in [6, 6.07) is 9.75. The van der Waals surface area contributed by atoms with Crippen LogP contribution in [0.1, 0.15) is 23.7 Å². The van der Waals surface area contributed by atoms with Crippen LogP contribution in [-0.2, 0) is 12.3 Å². The number of alkyl halides is 1. The van der Waals surface area contributed by atoms with E-state index in [0.717, 1.165) is 33.5 Å². The lowest BCUT2D eigenvalue weighted by Gasteiger charge is -2.09. The average molecular weight is 341 g/mol. The summed E-state index contributed by atoms with van der Waals surface area (Å²) in [5.41, 5.74) is 3.14. The van der Waals surface area contributed by atoms with E-state index in [1.165, 1.54) is 0 Å². The van der Waals surface area contributed by atoms with Gasteiger partial charge in [0.15, 0.2) is 0 Å². The van der Waals surface area contributed by atoms with Gasteiger partial charge in [0.2, 0.25) is 5.88 Å². The quantitative estimate of drug-likeness (QED) is 0.710. The van der Waals surface area contributed by atoms with Crippen LogP contribution < -0.4 is 4.74 Å². The summed E-state index contributed by atoms with van der Waals surface area (Å²) in [5.74, 6) is 1.84. The van der Waals surface area contributed by atoms with Crippen molar-refractivity contribution in [3.8, 4) is 11.6 Å². The highest BCUT2D eigenvalue weighted by atomic mass is 79.9. The fraction of sp³-hybridized carbons (Fsp3) is 0.267. The number of pyridine rings is 1. The van der Waals surface area contributed by atoms with Crippen LogP contribution in [0.5, 0.6) is 11.6 Å². The predicted octanol–water partition coefficient (Wildman–Crippen LogP) is 5.25. The topological polar surface area (TPSA) is 22.1 Å². The van der Waals surface area contributed by atoms with Gasteiger partial charge < -0.3 is 4.74 Å². The minimum atomic E-state index is 0.464. The van der Waals surface area contributed by atoms with Crippen LogP contribution in [0.2, 0.25) is 0 Å². The van der Waals surface area contributed by atoms with Crippen LogP contribution in [0.4, 0.5) is 0 Å². The molecule has 0 bridgehead atoms. The van der Waals surface area contributed by atoms with E-state index in [2.05, 4.69) is 27.8 Å². The van der Waals surface area contributed by atoms with E-state index < -0.39 is 0 Å². The fourth-order valence-electron chi connectivity index (χ4n) is 1.73. The van der Waals surface area contributed by atoms with E-state index >= 15 is 0 Å². The van der Waals surface area contributed by atoms with Crippen molar-refractivity contribution in [2.24, 2.45) is 0 Å². The molecule has 0 spiro atoms. The number of nitrogens with zero attached hydrogens (tertiary/aromatic N) is 1. The third-order valence-electron chi connectivity index (χ3n) is 2.78. The van der Waals surface area contributed by atoms with Gasteiger partial charge in [0, 0.05) is 22.1 Å². The number of aromatic nitrogens is 1. The molecule has 0 atom stereocenters. The molecule has 0 radical (unpaired) electrons. The zero-order valence-electron chi connectivity index (χ0n) is 10.9. The molecule has 0 saturated heterocycles. The molecule has 0 aliphatic heterocycles. The predicted molar refractivity (Wildman–Crippen MR) is 82.1 cm³/mol. The van der Waals surface area contributed by atoms with Crippen molar-refractivity contribution in [1.29, 1.82) is 0 Å². The minimum absolute atomic E-state index is 0.464. The third-order valence-corrected chi connectivity index (χ3v) is 3.98. The van der Waals surface area contributed by atoms with Crippen molar-refractivity contribution in [2.75, 3.05) is 0 Å². The second-order valence-electron chi connectivity index (χ2n) is 4.31. The highest BCUT2D eigenvalue weighted by Gasteiger charge is 2.05. The summed E-state index contributed by atoms with van der Waals surface area (Å²) in [6.45, 7) is 4.09. The Kier molecular flexibility index (Phi) is 4.83. The Morgan fingerprint density at radius 3 is 2.68 bits per heavy atom. The molecule has 100 valence electrons. The third kappa shape index (κ3) is 3.71. The zero-order valence-corrected chi connectivity index (χ0v) is 13.3. The number of hydrogen-bond donors (Lipinski definition) is 0. The lowest BCUT2D eigenvalue weighted by molar-refractivity contribution is 0.460. The summed E-state index contributed by atoms with van der Waals surface area (Å²) >= 11 is 9.36. The molecule has 19 heavy (non-hydrogen) atoms. The van der Waals surface area contributed by atoms with Gasteiger partial charge in [-0.15, -0.1) is 11.6 Å². The molecular weight excluding hydrogens is 326 g/mol. The number of aryl methyl sites for hydroxylation is 2. The molecular formula is C15H15BrClNO. The van der Waals surface area contributed by atoms with E-state index in [1.54, 1.807) is 0 Å². The molecule has 0 aliphatic rings. The average Bonchev–Trinajstić information content (AvgIpc) is 2.42. The molecule has 0 amide bonds. The number of hydrogen-bond acceptors (Lipinski definition) is 2. The van der Waals surface area contributed by atoms with Gasteiger partial charge in [-0.2, -0.15) is 0 Å². The fourth-order valence-corrected chi connectivity index (χ4v) is 2.13. The van der Waals surface area contributed by atoms with E-state index in [0.29, 0.717) is 11.8 Å². The number of ether oxygens (including phenoxy) is 1. The van der Waals surface area contributed by atoms with Crippen LogP contribution >= 0.6 is 27.5 Å². The maximum atomic E-state index is 5.89. The number of benzene rings is 1. The molecule has 1 aromatic carbocycles. The molecule has 1 aromatic heterocycles. The SMILES string of the molecule is CCc1cc(CCl)cc(Oc2ccc(Br)c(C)c2)n1. The normalized spacial score (nSPS) is 10.5. The van der Waals surface area contributed by atoms with E-state index in [9.17, 15) is 0 Å². The van der Waals surface area contributed by atoms with Crippen molar-refractivity contribution in [1.82, 2.24) is 4.98 Å². The van der Waals surface area contributed by atoms with E-state index in [-0.39, 0.29) is 0 Å². The molecule has 4 heteroatoms. The second-order valence-corrected chi connectivity index (χ2v) is 5.43. The van der Waals surface area contributed by atoms with Gasteiger partial charge in [-0.1, -0.05) is 22.9 Å². The standard InChI is InChI=1S/C15H15BrClNO/c1-3-12-7-11(9-17)8-15(18-12)19-13-4-5-14(16)10(2)6-13/h4-8H,3,9H2,1-2H3. The lowest BCUT2D eigenvalue weighted by Crippen LogP contribution is -1.95. The van der Waals surface area contributed by atoms with Crippen molar-refractivity contribution >= 4 is 27.5 Å². The molecule has 1 heterocycles. The van der Waals surface area contributed by atoms with Crippen molar-refractivity contribution in [2.45, 2.75) is 26.1 Å². The van der Waals surface area contributed by atoms with E-state index in [1.807, 2.05) is 37.3 Å². The highest BCUT2D eigenvalue weighted by Crippen LogP contribution is 2.26. The monoisotopic (exact) mass is 339 g/mol. The first-order chi connectivity index (χ1) is 9.12. The summed E-state index contributed by atoms with van der Waals surface area (Å²) in [7, 11) is 0. The number of halogens is 2. The van der Waals surface area contributed by atoms with Crippen molar-refractivity contribution < 1.29 is 4.74 Å². The van der Waals surface area contributed by atoms with E-state index in [4.69, 9.17) is 16.3 Å². The molecule has 0 N–H and O–H groups in total. The summed E-state index contributed by atoms with van der Waals surface area (Å²) < 4.78 is 6.87. The van der Waals surface area contributed by atoms with Crippen molar-refractivity contribution in [3.63, 3.8) is 0 Å². The van der Waals surface area contributed by atoms with Gasteiger partial charge in [-0.25, -0.2) is 4.98 Å². The first kappa shape index (κ1) is 14.4. The van der Waals surface area contributed by atoms with Crippen LogP contribution in [0.3, 0.4) is 0 Å². The Balaban J connectivity index is 2.29. The zero-order chi connectivity index (χ0) is 13.8. The first-order valence-corrected chi connectivity index (χ1v) is 7.45. The van der Waals surface area contributed by atoms with Crippen LogP contribution in [0, 0.1) is 6.92 Å². The smallest absolute Gasteiger partial charge is 0.219 e. The Bertz CT molecular complexity index is 564. The Morgan fingerprint density at radius 1 is 1.26 bits per heavy atom. The minimum Gasteiger partial charge on any atom is -0.439 e. The van der Waals surface area contributed by atoms with Gasteiger partial charge in [0.05, 0.1) is 0 Å². The Labute approximate surface area is 126 Å². The molecule has 2 aromatic rings. The van der Waals surface area contributed by atoms with Gasteiger partial charge in [-0.05, 0) is 48.7 Å². The molecule has 0 fully saturated rings. The largest absolute Gasteiger partial charge is 0.439 e. The maximum Gasteiger partial charge on any atom is 0.219 e. The summed E-state index contributed by atoms with van der Waals surface area (Å²) in [4.78, 5) is 4.45. The van der Waals surface area contributed by atoms with Crippen LogP contribution in [0.15, 0.2) is 34.8 Å². The Hall–Kier alpha value is -1.06. The summed E-state index contributed by atoms with van der Waals surface area (Å²) in [6.07, 6.45) is 0.862. The molecule has 0 aliphatic carbocycles. The van der Waals surface area contributed by atoms with Crippen LogP contribution in [0.25, 0.3) is 0 Å². The maximum absolute atomic E-state index is 5.89. The highest BCUT2D eigenvalue weighted by molar-refractivity contribution is 9.10.